The van der Waals surface area contributed by atoms with E-state index in [1.807, 2.05) is 19.2 Å². The van der Waals surface area contributed by atoms with Crippen LogP contribution in [0, 0.1) is 0 Å². The number of amides is 1. The molecule has 0 aromatic heterocycles. The zero-order valence-electron chi connectivity index (χ0n) is 10.9. The maximum atomic E-state index is 12.2. The zero-order chi connectivity index (χ0) is 13.1. The zero-order valence-corrected chi connectivity index (χ0v) is 10.9. The standard InChI is InChI=1S/C14H20N2O2/c1-16(14(17)13(9-15)18-2)12-8-7-10-5-3-4-6-11(10)12/h3-6,12-13H,7-9,15H2,1-2H3. The molecule has 0 aliphatic heterocycles. The molecule has 1 aromatic rings. The minimum atomic E-state index is -0.539. The van der Waals surface area contributed by atoms with Crippen molar-refractivity contribution in [2.45, 2.75) is 25.0 Å². The van der Waals surface area contributed by atoms with Crippen LogP contribution in [0.15, 0.2) is 24.3 Å². The first kappa shape index (κ1) is 13.1. The highest BCUT2D eigenvalue weighted by atomic mass is 16.5. The van der Waals surface area contributed by atoms with Crippen LogP contribution in [0.2, 0.25) is 0 Å². The van der Waals surface area contributed by atoms with Gasteiger partial charge in [0.05, 0.1) is 6.04 Å². The van der Waals surface area contributed by atoms with Crippen LogP contribution in [0.3, 0.4) is 0 Å². The van der Waals surface area contributed by atoms with Crippen molar-refractivity contribution in [1.29, 1.82) is 0 Å². The number of nitrogens with zero attached hydrogens (tertiary/aromatic N) is 1. The fourth-order valence-corrected chi connectivity index (χ4v) is 2.62. The van der Waals surface area contributed by atoms with Crippen LogP contribution >= 0.6 is 0 Å². The number of fused-ring (bicyclic) bond motifs is 1. The Morgan fingerprint density at radius 2 is 2.28 bits per heavy atom. The summed E-state index contributed by atoms with van der Waals surface area (Å²) in [6, 6.07) is 8.44. The second kappa shape index (κ2) is 5.50. The first-order valence-corrected chi connectivity index (χ1v) is 6.26. The fraction of sp³-hybridized carbons (Fsp3) is 0.500. The normalized spacial score (nSPS) is 19.4. The third kappa shape index (κ3) is 2.26. The Balaban J connectivity index is 2.16. The molecule has 1 amide bonds. The molecule has 2 rings (SSSR count). The second-order valence-corrected chi connectivity index (χ2v) is 4.66. The molecular formula is C14H20N2O2. The molecule has 0 saturated carbocycles. The van der Waals surface area contributed by atoms with Crippen molar-refractivity contribution in [2.24, 2.45) is 5.73 Å². The summed E-state index contributed by atoms with van der Waals surface area (Å²) in [6.45, 7) is 0.216. The van der Waals surface area contributed by atoms with E-state index in [9.17, 15) is 4.79 Å². The van der Waals surface area contributed by atoms with E-state index >= 15 is 0 Å². The first-order valence-electron chi connectivity index (χ1n) is 6.26. The third-order valence-electron chi connectivity index (χ3n) is 3.69. The van der Waals surface area contributed by atoms with Crippen molar-refractivity contribution in [3.8, 4) is 0 Å². The van der Waals surface area contributed by atoms with Gasteiger partial charge in [-0.15, -0.1) is 0 Å². The molecule has 2 N–H and O–H groups in total. The van der Waals surface area contributed by atoms with Gasteiger partial charge in [-0.05, 0) is 24.0 Å². The van der Waals surface area contributed by atoms with Gasteiger partial charge in [-0.25, -0.2) is 0 Å². The summed E-state index contributed by atoms with van der Waals surface area (Å²) < 4.78 is 5.11. The molecule has 0 spiro atoms. The number of nitrogens with two attached hydrogens (primary N) is 1. The first-order chi connectivity index (χ1) is 8.69. The van der Waals surface area contributed by atoms with E-state index in [2.05, 4.69) is 12.1 Å². The van der Waals surface area contributed by atoms with Crippen LogP contribution in [0.1, 0.15) is 23.6 Å². The quantitative estimate of drug-likeness (QED) is 0.868. The molecule has 0 heterocycles. The molecule has 0 bridgehead atoms. The van der Waals surface area contributed by atoms with Crippen LogP contribution in [0.5, 0.6) is 0 Å². The van der Waals surface area contributed by atoms with Crippen LogP contribution in [0.4, 0.5) is 0 Å². The van der Waals surface area contributed by atoms with E-state index in [1.54, 1.807) is 4.90 Å². The third-order valence-corrected chi connectivity index (χ3v) is 3.69. The summed E-state index contributed by atoms with van der Waals surface area (Å²) in [5.74, 6) is -0.0401. The number of rotatable bonds is 4. The number of carbonyl (C=O) groups is 1. The Labute approximate surface area is 108 Å². The lowest BCUT2D eigenvalue weighted by molar-refractivity contribution is -0.142. The van der Waals surface area contributed by atoms with E-state index in [0.717, 1.165) is 12.8 Å². The Morgan fingerprint density at radius 3 is 2.94 bits per heavy atom. The summed E-state index contributed by atoms with van der Waals surface area (Å²) in [7, 11) is 3.35. The van der Waals surface area contributed by atoms with Crippen molar-refractivity contribution in [3.63, 3.8) is 0 Å². The highest BCUT2D eigenvalue weighted by Crippen LogP contribution is 2.35. The van der Waals surface area contributed by atoms with Crippen LogP contribution in [0.25, 0.3) is 0 Å². The van der Waals surface area contributed by atoms with Gasteiger partial charge < -0.3 is 15.4 Å². The topological polar surface area (TPSA) is 55.6 Å². The number of methoxy groups -OCH3 is 1. The van der Waals surface area contributed by atoms with Gasteiger partial charge in [0.1, 0.15) is 6.10 Å². The summed E-state index contributed by atoms with van der Waals surface area (Å²) >= 11 is 0. The van der Waals surface area contributed by atoms with Gasteiger partial charge >= 0.3 is 0 Å². The van der Waals surface area contributed by atoms with Gasteiger partial charge in [0, 0.05) is 20.7 Å². The molecule has 4 heteroatoms. The predicted molar refractivity (Wildman–Crippen MR) is 70.1 cm³/mol. The second-order valence-electron chi connectivity index (χ2n) is 4.66. The van der Waals surface area contributed by atoms with Gasteiger partial charge in [0.2, 0.25) is 0 Å². The maximum absolute atomic E-state index is 12.2. The van der Waals surface area contributed by atoms with Crippen LogP contribution < -0.4 is 5.73 Å². The molecule has 2 atom stereocenters. The summed E-state index contributed by atoms with van der Waals surface area (Å²) in [4.78, 5) is 14.0. The van der Waals surface area contributed by atoms with Gasteiger partial charge in [0.15, 0.2) is 0 Å². The summed E-state index contributed by atoms with van der Waals surface area (Å²) in [5.41, 5.74) is 8.13. The lowest BCUT2D eigenvalue weighted by Gasteiger charge is -2.28. The molecule has 1 aliphatic rings. The number of aryl methyl sites for hydroxylation is 1. The molecule has 1 aromatic carbocycles. The van der Waals surface area contributed by atoms with Crippen LogP contribution in [-0.2, 0) is 16.0 Å². The number of carbonyl (C=O) groups excluding carboxylic acids is 1. The predicted octanol–water partition coefficient (Wildman–Crippen LogP) is 1.11. The molecule has 2 unspecified atom stereocenters. The SMILES string of the molecule is COC(CN)C(=O)N(C)C1CCc2ccccc21. The Hall–Kier alpha value is -1.39. The number of hydrogen-bond acceptors (Lipinski definition) is 3. The molecule has 98 valence electrons. The molecule has 0 fully saturated rings. The van der Waals surface area contributed by atoms with E-state index in [1.165, 1.54) is 18.2 Å². The van der Waals surface area contributed by atoms with Crippen molar-refractivity contribution >= 4 is 5.91 Å². The molecule has 18 heavy (non-hydrogen) atoms. The fourth-order valence-electron chi connectivity index (χ4n) is 2.62. The van der Waals surface area contributed by atoms with Crippen LogP contribution in [-0.4, -0.2) is 37.6 Å². The lowest BCUT2D eigenvalue weighted by Crippen LogP contribution is -2.42. The Bertz CT molecular complexity index is 430. The average Bonchev–Trinajstić information content (AvgIpc) is 2.83. The number of likely N-dealkylation sites (N-methyl/N-ethyl adjacent to an activating group) is 1. The van der Waals surface area contributed by atoms with E-state index in [4.69, 9.17) is 10.5 Å². The maximum Gasteiger partial charge on any atom is 0.253 e. The van der Waals surface area contributed by atoms with Gasteiger partial charge in [0.25, 0.3) is 5.91 Å². The van der Waals surface area contributed by atoms with Crippen molar-refractivity contribution < 1.29 is 9.53 Å². The Morgan fingerprint density at radius 1 is 1.56 bits per heavy atom. The Kier molecular flexibility index (Phi) is 3.99. The highest BCUT2D eigenvalue weighted by molar-refractivity contribution is 5.81. The minimum Gasteiger partial charge on any atom is -0.370 e. The van der Waals surface area contributed by atoms with Crippen molar-refractivity contribution in [3.05, 3.63) is 35.4 Å². The van der Waals surface area contributed by atoms with Gasteiger partial charge in [-0.1, -0.05) is 24.3 Å². The molecule has 0 saturated heterocycles. The minimum absolute atomic E-state index is 0.0401. The molecule has 0 radical (unpaired) electrons. The lowest BCUT2D eigenvalue weighted by atomic mass is 10.1. The monoisotopic (exact) mass is 248 g/mol. The van der Waals surface area contributed by atoms with Gasteiger partial charge in [-0.3, -0.25) is 4.79 Å². The smallest absolute Gasteiger partial charge is 0.253 e. The summed E-state index contributed by atoms with van der Waals surface area (Å²) in [6.07, 6.45) is 1.46. The number of ether oxygens (including phenoxy) is 1. The highest BCUT2D eigenvalue weighted by Gasteiger charge is 2.31. The van der Waals surface area contributed by atoms with Gasteiger partial charge in [-0.2, -0.15) is 0 Å². The van der Waals surface area contributed by atoms with Crippen molar-refractivity contribution in [1.82, 2.24) is 4.90 Å². The average molecular weight is 248 g/mol. The van der Waals surface area contributed by atoms with Crippen molar-refractivity contribution in [2.75, 3.05) is 20.7 Å². The number of hydrogen-bond donors (Lipinski definition) is 1. The summed E-state index contributed by atoms with van der Waals surface area (Å²) in [5, 5.41) is 0. The van der Waals surface area contributed by atoms with E-state index < -0.39 is 6.10 Å². The van der Waals surface area contributed by atoms with E-state index in [0.29, 0.717) is 0 Å². The largest absolute Gasteiger partial charge is 0.370 e. The molecule has 1 aliphatic carbocycles. The molecular weight excluding hydrogens is 228 g/mol. The van der Waals surface area contributed by atoms with E-state index in [-0.39, 0.29) is 18.5 Å². The molecule has 4 nitrogen and oxygen atoms in total. The number of benzene rings is 1.